The standard InChI is InChI=1S/C15H22N2O3S/c1-16-14-4-3-9-17(10-14)15(18)13-7-5-12(6-8-13)11-21(2,19)20/h5-8,14,16H,3-4,9-11H2,1-2H3. The first-order valence-electron chi connectivity index (χ1n) is 7.12. The number of rotatable bonds is 4. The molecule has 1 aliphatic rings. The van der Waals surface area contributed by atoms with Crippen LogP contribution in [-0.2, 0) is 15.6 Å². The van der Waals surface area contributed by atoms with E-state index in [0.29, 0.717) is 17.2 Å². The molecule has 0 saturated carbocycles. The van der Waals surface area contributed by atoms with Crippen molar-refractivity contribution < 1.29 is 13.2 Å². The number of carbonyl (C=O) groups is 1. The van der Waals surface area contributed by atoms with Crippen LogP contribution in [0.25, 0.3) is 0 Å². The lowest BCUT2D eigenvalue weighted by Crippen LogP contribution is -2.46. The second-order valence-corrected chi connectivity index (χ2v) is 7.79. The number of piperidine rings is 1. The molecule has 2 rings (SSSR count). The van der Waals surface area contributed by atoms with Gasteiger partial charge in [0.15, 0.2) is 9.84 Å². The van der Waals surface area contributed by atoms with Crippen LogP contribution in [0, 0.1) is 0 Å². The molecule has 1 unspecified atom stereocenters. The molecule has 1 N–H and O–H groups in total. The van der Waals surface area contributed by atoms with Crippen molar-refractivity contribution in [3.8, 4) is 0 Å². The monoisotopic (exact) mass is 310 g/mol. The van der Waals surface area contributed by atoms with Crippen molar-refractivity contribution in [3.63, 3.8) is 0 Å². The highest BCUT2D eigenvalue weighted by atomic mass is 32.2. The SMILES string of the molecule is CNC1CCCN(C(=O)c2ccc(CS(C)(=O)=O)cc2)C1. The lowest BCUT2D eigenvalue weighted by molar-refractivity contribution is 0.0698. The van der Waals surface area contributed by atoms with Gasteiger partial charge in [-0.1, -0.05) is 12.1 Å². The first-order chi connectivity index (χ1) is 9.89. The molecule has 6 heteroatoms. The molecule has 0 bridgehead atoms. The second kappa shape index (κ2) is 6.58. The Hall–Kier alpha value is -1.40. The zero-order valence-electron chi connectivity index (χ0n) is 12.5. The number of amides is 1. The van der Waals surface area contributed by atoms with E-state index in [1.165, 1.54) is 6.26 Å². The van der Waals surface area contributed by atoms with E-state index >= 15 is 0 Å². The Balaban J connectivity index is 2.06. The van der Waals surface area contributed by atoms with Crippen molar-refractivity contribution in [3.05, 3.63) is 35.4 Å². The van der Waals surface area contributed by atoms with Gasteiger partial charge < -0.3 is 10.2 Å². The zero-order valence-corrected chi connectivity index (χ0v) is 13.3. The predicted octanol–water partition coefficient (Wildman–Crippen LogP) is 1.06. The van der Waals surface area contributed by atoms with E-state index < -0.39 is 9.84 Å². The van der Waals surface area contributed by atoms with E-state index in [1.54, 1.807) is 24.3 Å². The van der Waals surface area contributed by atoms with E-state index in [9.17, 15) is 13.2 Å². The first-order valence-corrected chi connectivity index (χ1v) is 9.18. The highest BCUT2D eigenvalue weighted by Gasteiger charge is 2.23. The molecule has 21 heavy (non-hydrogen) atoms. The summed E-state index contributed by atoms with van der Waals surface area (Å²) in [7, 11) is -1.13. The van der Waals surface area contributed by atoms with Gasteiger partial charge in [-0.15, -0.1) is 0 Å². The summed E-state index contributed by atoms with van der Waals surface area (Å²) in [5.41, 5.74) is 1.32. The first kappa shape index (κ1) is 16.0. The number of nitrogens with zero attached hydrogens (tertiary/aromatic N) is 1. The lowest BCUT2D eigenvalue weighted by Gasteiger charge is -2.32. The number of nitrogens with one attached hydrogen (secondary N) is 1. The number of likely N-dealkylation sites (tertiary alicyclic amines) is 1. The van der Waals surface area contributed by atoms with E-state index in [1.807, 2.05) is 11.9 Å². The molecule has 1 aromatic rings. The summed E-state index contributed by atoms with van der Waals surface area (Å²) in [5, 5.41) is 3.21. The number of hydrogen-bond donors (Lipinski definition) is 1. The molecule has 116 valence electrons. The molecular weight excluding hydrogens is 288 g/mol. The van der Waals surface area contributed by atoms with Gasteiger partial charge in [0.05, 0.1) is 5.75 Å². The topological polar surface area (TPSA) is 66.5 Å². The lowest BCUT2D eigenvalue weighted by atomic mass is 10.0. The van der Waals surface area contributed by atoms with Crippen LogP contribution in [0.5, 0.6) is 0 Å². The van der Waals surface area contributed by atoms with Crippen molar-refractivity contribution in [1.29, 1.82) is 0 Å². The van der Waals surface area contributed by atoms with Crippen LogP contribution in [0.2, 0.25) is 0 Å². The minimum atomic E-state index is -3.05. The largest absolute Gasteiger partial charge is 0.337 e. The van der Waals surface area contributed by atoms with Crippen molar-refractivity contribution >= 4 is 15.7 Å². The van der Waals surface area contributed by atoms with Crippen molar-refractivity contribution in [1.82, 2.24) is 10.2 Å². The quantitative estimate of drug-likeness (QED) is 0.903. The number of hydrogen-bond acceptors (Lipinski definition) is 4. The Morgan fingerprint density at radius 1 is 1.33 bits per heavy atom. The van der Waals surface area contributed by atoms with Gasteiger partial charge in [-0.05, 0) is 37.6 Å². The fourth-order valence-corrected chi connectivity index (χ4v) is 3.42. The summed E-state index contributed by atoms with van der Waals surface area (Å²) < 4.78 is 22.5. The van der Waals surface area contributed by atoms with E-state index in [0.717, 1.165) is 25.9 Å². The van der Waals surface area contributed by atoms with Gasteiger partial charge >= 0.3 is 0 Å². The van der Waals surface area contributed by atoms with Crippen LogP contribution in [0.4, 0.5) is 0 Å². The maximum atomic E-state index is 12.4. The zero-order chi connectivity index (χ0) is 15.5. The summed E-state index contributed by atoms with van der Waals surface area (Å²) in [6.07, 6.45) is 3.30. The molecule has 1 amide bonds. The van der Waals surface area contributed by atoms with Crippen molar-refractivity contribution in [2.45, 2.75) is 24.6 Å². The average Bonchev–Trinajstić information content (AvgIpc) is 2.46. The van der Waals surface area contributed by atoms with Crippen LogP contribution in [0.1, 0.15) is 28.8 Å². The van der Waals surface area contributed by atoms with Gasteiger partial charge in [0, 0.05) is 31.0 Å². The number of carbonyl (C=O) groups excluding carboxylic acids is 1. The summed E-state index contributed by atoms with van der Waals surface area (Å²) in [4.78, 5) is 14.3. The Kier molecular flexibility index (Phi) is 5.00. The summed E-state index contributed by atoms with van der Waals surface area (Å²) in [6, 6.07) is 7.21. The van der Waals surface area contributed by atoms with Crippen LogP contribution in [0.15, 0.2) is 24.3 Å². The third kappa shape index (κ3) is 4.54. The van der Waals surface area contributed by atoms with Crippen LogP contribution >= 0.6 is 0 Å². The molecule has 1 atom stereocenters. The maximum absolute atomic E-state index is 12.4. The third-order valence-corrected chi connectivity index (χ3v) is 4.60. The molecule has 1 aliphatic heterocycles. The minimum Gasteiger partial charge on any atom is -0.337 e. The van der Waals surface area contributed by atoms with Crippen LogP contribution in [0.3, 0.4) is 0 Å². The van der Waals surface area contributed by atoms with Gasteiger partial charge in [0.1, 0.15) is 0 Å². The molecule has 0 aromatic heterocycles. The van der Waals surface area contributed by atoms with Gasteiger partial charge in [-0.2, -0.15) is 0 Å². The van der Waals surface area contributed by atoms with Gasteiger partial charge in [0.2, 0.25) is 0 Å². The fraction of sp³-hybridized carbons (Fsp3) is 0.533. The summed E-state index contributed by atoms with van der Waals surface area (Å²) in [5.74, 6) is 0.0216. The third-order valence-electron chi connectivity index (χ3n) is 3.75. The summed E-state index contributed by atoms with van der Waals surface area (Å²) in [6.45, 7) is 1.50. The number of sulfone groups is 1. The average molecular weight is 310 g/mol. The molecule has 1 heterocycles. The highest BCUT2D eigenvalue weighted by molar-refractivity contribution is 7.89. The maximum Gasteiger partial charge on any atom is 0.253 e. The van der Waals surface area contributed by atoms with Gasteiger partial charge in [-0.3, -0.25) is 4.79 Å². The van der Waals surface area contributed by atoms with Crippen molar-refractivity contribution in [2.75, 3.05) is 26.4 Å². The van der Waals surface area contributed by atoms with Crippen molar-refractivity contribution in [2.24, 2.45) is 0 Å². The smallest absolute Gasteiger partial charge is 0.253 e. The normalized spacial score (nSPS) is 19.5. The fourth-order valence-electron chi connectivity index (χ4n) is 2.63. The number of likely N-dealkylation sites (N-methyl/N-ethyl adjacent to an activating group) is 1. The Morgan fingerprint density at radius 2 is 2.00 bits per heavy atom. The van der Waals surface area contributed by atoms with Crippen LogP contribution in [-0.4, -0.2) is 51.7 Å². The Bertz CT molecular complexity index is 596. The van der Waals surface area contributed by atoms with Crippen LogP contribution < -0.4 is 5.32 Å². The van der Waals surface area contributed by atoms with E-state index in [2.05, 4.69) is 5.32 Å². The molecule has 5 nitrogen and oxygen atoms in total. The van der Waals surface area contributed by atoms with Gasteiger partial charge in [0.25, 0.3) is 5.91 Å². The van der Waals surface area contributed by atoms with E-state index in [4.69, 9.17) is 0 Å². The minimum absolute atomic E-state index is 0.00696. The number of benzene rings is 1. The molecule has 1 aromatic carbocycles. The predicted molar refractivity (Wildman–Crippen MR) is 83.0 cm³/mol. The molecule has 0 aliphatic carbocycles. The summed E-state index contributed by atoms with van der Waals surface area (Å²) >= 11 is 0. The Labute approximate surface area is 126 Å². The molecule has 0 spiro atoms. The second-order valence-electron chi connectivity index (χ2n) is 5.65. The van der Waals surface area contributed by atoms with Gasteiger partial charge in [-0.25, -0.2) is 8.42 Å². The Morgan fingerprint density at radius 3 is 2.57 bits per heavy atom. The molecule has 0 radical (unpaired) electrons. The molecule has 1 saturated heterocycles. The molecule has 1 fully saturated rings. The van der Waals surface area contributed by atoms with E-state index in [-0.39, 0.29) is 11.7 Å². The molecular formula is C15H22N2O3S. The highest BCUT2D eigenvalue weighted by Crippen LogP contribution is 2.15.